The van der Waals surface area contributed by atoms with Crippen LogP contribution in [0.1, 0.15) is 226 Å². The van der Waals surface area contributed by atoms with Crippen molar-refractivity contribution in [3.05, 3.63) is 97.2 Å². The Morgan fingerprint density at radius 2 is 0.750 bits per heavy atom. The molecule has 0 aliphatic rings. The maximum atomic E-state index is 12.9. The van der Waals surface area contributed by atoms with Gasteiger partial charge in [0.05, 0.1) is 19.8 Å². The molecule has 0 aliphatic carbocycles. The van der Waals surface area contributed by atoms with E-state index in [1.165, 1.54) is 25.7 Å². The van der Waals surface area contributed by atoms with Crippen molar-refractivity contribution >= 4 is 25.7 Å². The number of rotatable bonds is 51. The van der Waals surface area contributed by atoms with Crippen molar-refractivity contribution in [1.82, 2.24) is 0 Å². The fraction of sp³-hybridized carbons (Fsp3) is 0.683. The number of aliphatic hydroxyl groups excluding tert-OH is 1. The molecule has 0 rings (SSSR count). The zero-order valence-electron chi connectivity index (χ0n) is 45.4. The van der Waals surface area contributed by atoms with E-state index in [-0.39, 0.29) is 25.9 Å². The summed E-state index contributed by atoms with van der Waals surface area (Å²) in [6.07, 6.45) is 62.2. The van der Waals surface area contributed by atoms with Gasteiger partial charge in [0.15, 0.2) is 6.10 Å². The molecule has 0 saturated heterocycles. The van der Waals surface area contributed by atoms with Gasteiger partial charge in [-0.05, 0) is 116 Å². The molecular weight excluding hydrogens is 928 g/mol. The third-order valence-corrected chi connectivity index (χ3v) is 12.4. The predicted octanol–water partition coefficient (Wildman–Crippen LogP) is 16.5. The summed E-state index contributed by atoms with van der Waals surface area (Å²) in [5, 5.41) is 9.79. The highest BCUT2D eigenvalue weighted by Gasteiger charge is 2.28. The minimum Gasteiger partial charge on any atom is -0.462 e. The summed E-state index contributed by atoms with van der Waals surface area (Å²) in [5.74, 6) is -1.54. The summed E-state index contributed by atoms with van der Waals surface area (Å²) in [5.41, 5.74) is 0. The Labute approximate surface area is 438 Å². The summed E-state index contributed by atoms with van der Waals surface area (Å²) >= 11 is 0. The van der Waals surface area contributed by atoms with Gasteiger partial charge in [0.1, 0.15) is 12.7 Å². The van der Waals surface area contributed by atoms with Crippen LogP contribution in [-0.4, -0.2) is 66.5 Å². The molecule has 0 aliphatic heterocycles. The summed E-state index contributed by atoms with van der Waals surface area (Å²) in [6.45, 7) is 4.37. The first-order valence-corrected chi connectivity index (χ1v) is 29.6. The Hall–Kier alpha value is -3.60. The highest BCUT2D eigenvalue weighted by atomic mass is 31.2. The number of phosphoric acid groups is 1. The number of hydrogen-bond donors (Lipinski definition) is 2. The molecule has 2 N–H and O–H groups in total. The standard InChI is InChI=1S/C60H101O11P/c1-4-7-10-13-16-19-22-25-26-27-28-29-30-33-34-37-40-43-46-49-58(62)67-53-57(71-60(64)51-48-45-42-39-36-32-24-21-18-15-12-9-6-3)55-69-72(65,66)68-54-56(52-61)70-59(63)50-47-44-41-38-35-31-23-20-17-14-11-8-5-2/h7,10,12,15-16,19-21,23-26,28-29,33-34,56-57,61H,4-6,8-9,11,13-14,17-18,22,27,30-32,35-55H2,1-3H3,(H,65,66)/b10-7-,15-12-,19-16-,23-20-,24-21-,26-25-,29-28-,34-33-. The second-order valence-electron chi connectivity index (χ2n) is 18.4. The fourth-order valence-corrected chi connectivity index (χ4v) is 7.96. The minimum absolute atomic E-state index is 0.139. The number of aliphatic hydroxyl groups is 1. The van der Waals surface area contributed by atoms with Gasteiger partial charge in [0, 0.05) is 19.3 Å². The lowest BCUT2D eigenvalue weighted by atomic mass is 10.1. The SMILES string of the molecule is CC/C=C\C/C=C\C/C=C\C/C=C\C/C=C\CCCCCC(=O)OCC(COP(=O)(O)OCC(CO)OC(=O)CCCCCCC/C=C\CCCCCC)OC(=O)CCCCCCC/C=C\C/C=C\CCC. The topological polar surface area (TPSA) is 155 Å². The zero-order valence-corrected chi connectivity index (χ0v) is 46.3. The Morgan fingerprint density at radius 1 is 0.403 bits per heavy atom. The van der Waals surface area contributed by atoms with Gasteiger partial charge in [-0.25, -0.2) is 4.57 Å². The second kappa shape index (κ2) is 53.7. The molecule has 0 aromatic heterocycles. The van der Waals surface area contributed by atoms with E-state index in [0.717, 1.165) is 141 Å². The van der Waals surface area contributed by atoms with Crippen LogP contribution in [0, 0.1) is 0 Å². The van der Waals surface area contributed by atoms with Gasteiger partial charge in [0.2, 0.25) is 0 Å². The monoisotopic (exact) mass is 1030 g/mol. The van der Waals surface area contributed by atoms with Crippen LogP contribution < -0.4 is 0 Å². The molecular formula is C60H101O11P. The van der Waals surface area contributed by atoms with Crippen molar-refractivity contribution in [3.63, 3.8) is 0 Å². The number of esters is 3. The number of allylic oxidation sites excluding steroid dienone is 16. The van der Waals surface area contributed by atoms with Crippen LogP contribution in [-0.2, 0) is 42.2 Å². The average Bonchev–Trinajstić information content (AvgIpc) is 3.37. The summed E-state index contributed by atoms with van der Waals surface area (Å²) in [6, 6.07) is 0. The lowest BCUT2D eigenvalue weighted by molar-refractivity contribution is -0.161. The first-order chi connectivity index (χ1) is 35.2. The largest absolute Gasteiger partial charge is 0.472 e. The molecule has 72 heavy (non-hydrogen) atoms. The Morgan fingerprint density at radius 3 is 1.19 bits per heavy atom. The lowest BCUT2D eigenvalue weighted by Crippen LogP contribution is -2.30. The molecule has 0 heterocycles. The summed E-state index contributed by atoms with van der Waals surface area (Å²) < 4.78 is 39.4. The summed E-state index contributed by atoms with van der Waals surface area (Å²) in [4.78, 5) is 48.5. The number of carbonyl (C=O) groups excluding carboxylic acids is 3. The number of unbranched alkanes of at least 4 members (excludes halogenated alkanes) is 18. The van der Waals surface area contributed by atoms with E-state index < -0.39 is 57.8 Å². The van der Waals surface area contributed by atoms with E-state index in [0.29, 0.717) is 19.3 Å². The number of ether oxygens (including phenoxy) is 3. The van der Waals surface area contributed by atoms with Gasteiger partial charge in [0.25, 0.3) is 0 Å². The molecule has 11 nitrogen and oxygen atoms in total. The quantitative estimate of drug-likeness (QED) is 0.0197. The normalized spacial score (nSPS) is 14.1. The highest BCUT2D eigenvalue weighted by molar-refractivity contribution is 7.47. The lowest BCUT2D eigenvalue weighted by Gasteiger charge is -2.21. The molecule has 12 heteroatoms. The first kappa shape index (κ1) is 68.4. The molecule has 3 atom stereocenters. The number of hydrogen-bond acceptors (Lipinski definition) is 10. The van der Waals surface area contributed by atoms with E-state index in [4.69, 9.17) is 23.3 Å². The van der Waals surface area contributed by atoms with Crippen LogP contribution in [0.5, 0.6) is 0 Å². The van der Waals surface area contributed by atoms with Crippen molar-refractivity contribution in [1.29, 1.82) is 0 Å². The fourth-order valence-electron chi connectivity index (χ4n) is 7.18. The van der Waals surface area contributed by atoms with Gasteiger partial charge >= 0.3 is 25.7 Å². The number of carbonyl (C=O) groups is 3. The maximum Gasteiger partial charge on any atom is 0.472 e. The van der Waals surface area contributed by atoms with E-state index in [1.54, 1.807) is 0 Å². The Kier molecular flexibility index (Phi) is 51.0. The molecule has 3 unspecified atom stereocenters. The smallest absolute Gasteiger partial charge is 0.462 e. The van der Waals surface area contributed by atoms with E-state index in [1.807, 2.05) is 0 Å². The van der Waals surface area contributed by atoms with Crippen LogP contribution in [0.25, 0.3) is 0 Å². The molecule has 0 saturated carbocycles. The molecule has 0 radical (unpaired) electrons. The number of phosphoric ester groups is 1. The molecule has 0 spiro atoms. The van der Waals surface area contributed by atoms with Crippen molar-refractivity contribution in [2.45, 2.75) is 238 Å². The van der Waals surface area contributed by atoms with Crippen LogP contribution in [0.2, 0.25) is 0 Å². The minimum atomic E-state index is -4.76. The van der Waals surface area contributed by atoms with E-state index in [2.05, 4.69) is 118 Å². The summed E-state index contributed by atoms with van der Waals surface area (Å²) in [7, 11) is -4.76. The Bertz CT molecular complexity index is 1580. The molecule has 0 fully saturated rings. The molecule has 412 valence electrons. The predicted molar refractivity (Wildman–Crippen MR) is 297 cm³/mol. The molecule has 0 bridgehead atoms. The van der Waals surface area contributed by atoms with Crippen LogP contribution in [0.3, 0.4) is 0 Å². The first-order valence-electron chi connectivity index (χ1n) is 28.1. The molecule has 0 aromatic rings. The Balaban J connectivity index is 4.80. The van der Waals surface area contributed by atoms with E-state index in [9.17, 15) is 28.9 Å². The van der Waals surface area contributed by atoms with Crippen LogP contribution >= 0.6 is 7.82 Å². The zero-order chi connectivity index (χ0) is 52.7. The molecule has 0 aromatic carbocycles. The van der Waals surface area contributed by atoms with Crippen LogP contribution in [0.15, 0.2) is 97.2 Å². The third kappa shape index (κ3) is 51.3. The van der Waals surface area contributed by atoms with Crippen molar-refractivity contribution in [3.8, 4) is 0 Å². The van der Waals surface area contributed by atoms with Crippen molar-refractivity contribution in [2.75, 3.05) is 26.4 Å². The van der Waals surface area contributed by atoms with Gasteiger partial charge in [-0.2, -0.15) is 0 Å². The second-order valence-corrected chi connectivity index (χ2v) is 19.8. The molecule has 0 amide bonds. The van der Waals surface area contributed by atoms with Crippen LogP contribution in [0.4, 0.5) is 0 Å². The average molecular weight is 1030 g/mol. The maximum absolute atomic E-state index is 12.9. The van der Waals surface area contributed by atoms with Gasteiger partial charge in [-0.1, -0.05) is 189 Å². The van der Waals surface area contributed by atoms with E-state index >= 15 is 0 Å². The van der Waals surface area contributed by atoms with Crippen molar-refractivity contribution in [2.24, 2.45) is 0 Å². The highest BCUT2D eigenvalue weighted by Crippen LogP contribution is 2.43. The van der Waals surface area contributed by atoms with Gasteiger partial charge in [-0.3, -0.25) is 23.4 Å². The van der Waals surface area contributed by atoms with Gasteiger partial charge < -0.3 is 24.2 Å². The van der Waals surface area contributed by atoms with Gasteiger partial charge in [-0.15, -0.1) is 0 Å². The van der Waals surface area contributed by atoms with Crippen molar-refractivity contribution < 1.29 is 52.2 Å². The third-order valence-electron chi connectivity index (χ3n) is 11.4.